The molecule has 0 aliphatic rings. The molecule has 0 unspecified atom stereocenters. The van der Waals surface area contributed by atoms with Gasteiger partial charge in [-0.2, -0.15) is 16.1 Å². The van der Waals surface area contributed by atoms with Crippen LogP contribution in [0.5, 0.6) is 0 Å². The number of tetrazole rings is 1. The first-order valence-corrected chi connectivity index (χ1v) is 7.15. The van der Waals surface area contributed by atoms with Gasteiger partial charge in [0, 0.05) is 17.6 Å². The summed E-state index contributed by atoms with van der Waals surface area (Å²) >= 11 is 1.58. The molecule has 0 bridgehead atoms. The second-order valence-electron chi connectivity index (χ2n) is 4.77. The maximum absolute atomic E-state index is 9.80. The van der Waals surface area contributed by atoms with Crippen molar-refractivity contribution in [3.8, 4) is 11.4 Å². The van der Waals surface area contributed by atoms with Crippen molar-refractivity contribution in [1.82, 2.24) is 20.2 Å². The smallest absolute Gasteiger partial charge is 0.205 e. The molecule has 2 aromatic rings. The second kappa shape index (κ2) is 6.74. The fraction of sp³-hybridized carbons (Fsp3) is 0.583. The van der Waals surface area contributed by atoms with E-state index in [0.717, 1.165) is 5.56 Å². The number of ether oxygens (including phenoxy) is 1. The van der Waals surface area contributed by atoms with E-state index in [4.69, 9.17) is 4.74 Å². The van der Waals surface area contributed by atoms with Crippen molar-refractivity contribution in [1.29, 1.82) is 0 Å². The molecular formula is C12H18N4O2S. The first kappa shape index (κ1) is 14.1. The van der Waals surface area contributed by atoms with Crippen molar-refractivity contribution in [2.45, 2.75) is 26.5 Å². The molecule has 0 spiro atoms. The van der Waals surface area contributed by atoms with Gasteiger partial charge in [-0.1, -0.05) is 13.8 Å². The van der Waals surface area contributed by atoms with Crippen LogP contribution in [0.15, 0.2) is 16.8 Å². The summed E-state index contributed by atoms with van der Waals surface area (Å²) in [7, 11) is 0. The number of aliphatic hydroxyl groups is 1. The molecule has 0 aliphatic carbocycles. The molecule has 19 heavy (non-hydrogen) atoms. The van der Waals surface area contributed by atoms with Crippen LogP contribution in [0.3, 0.4) is 0 Å². The maximum Gasteiger partial charge on any atom is 0.205 e. The number of nitrogens with zero attached hydrogens (tertiary/aromatic N) is 4. The molecule has 0 fully saturated rings. The Morgan fingerprint density at radius 1 is 1.42 bits per heavy atom. The summed E-state index contributed by atoms with van der Waals surface area (Å²) in [5.41, 5.74) is 0.946. The third-order valence-corrected chi connectivity index (χ3v) is 3.05. The lowest BCUT2D eigenvalue weighted by molar-refractivity contribution is 0.0144. The Morgan fingerprint density at radius 3 is 2.95 bits per heavy atom. The van der Waals surface area contributed by atoms with E-state index in [-0.39, 0.29) is 13.2 Å². The molecule has 0 aliphatic heterocycles. The van der Waals surface area contributed by atoms with E-state index < -0.39 is 6.10 Å². The van der Waals surface area contributed by atoms with Crippen LogP contribution in [-0.4, -0.2) is 44.6 Å². The summed E-state index contributed by atoms with van der Waals surface area (Å²) in [6.45, 7) is 5.35. The van der Waals surface area contributed by atoms with Gasteiger partial charge in [0.15, 0.2) is 0 Å². The molecular weight excluding hydrogens is 264 g/mol. The highest BCUT2D eigenvalue weighted by Gasteiger charge is 2.11. The van der Waals surface area contributed by atoms with E-state index in [1.54, 1.807) is 11.3 Å². The molecule has 2 heterocycles. The van der Waals surface area contributed by atoms with Gasteiger partial charge in [-0.3, -0.25) is 0 Å². The molecule has 6 nitrogen and oxygen atoms in total. The third-order valence-electron chi connectivity index (χ3n) is 2.37. The van der Waals surface area contributed by atoms with Crippen molar-refractivity contribution in [2.24, 2.45) is 5.92 Å². The molecule has 1 N–H and O–H groups in total. The first-order valence-electron chi connectivity index (χ1n) is 6.21. The van der Waals surface area contributed by atoms with Crippen molar-refractivity contribution in [2.75, 3.05) is 13.2 Å². The zero-order valence-corrected chi connectivity index (χ0v) is 11.9. The Balaban J connectivity index is 1.83. The summed E-state index contributed by atoms with van der Waals surface area (Å²) in [4.78, 5) is 1.40. The van der Waals surface area contributed by atoms with Gasteiger partial charge in [0.05, 0.1) is 19.3 Å². The van der Waals surface area contributed by atoms with Gasteiger partial charge in [-0.15, -0.1) is 10.2 Å². The fourth-order valence-electron chi connectivity index (χ4n) is 1.51. The monoisotopic (exact) mass is 282 g/mol. The average molecular weight is 282 g/mol. The van der Waals surface area contributed by atoms with Crippen molar-refractivity contribution < 1.29 is 9.84 Å². The fourth-order valence-corrected chi connectivity index (χ4v) is 2.14. The predicted octanol–water partition coefficient (Wildman–Crippen LogP) is 1.44. The second-order valence-corrected chi connectivity index (χ2v) is 5.55. The van der Waals surface area contributed by atoms with Gasteiger partial charge >= 0.3 is 0 Å². The van der Waals surface area contributed by atoms with E-state index in [1.807, 2.05) is 16.8 Å². The van der Waals surface area contributed by atoms with Gasteiger partial charge in [-0.05, 0) is 22.6 Å². The van der Waals surface area contributed by atoms with Crippen LogP contribution in [-0.2, 0) is 11.3 Å². The average Bonchev–Trinajstić information content (AvgIpc) is 2.97. The molecule has 7 heteroatoms. The number of aliphatic hydroxyl groups excluding tert-OH is 1. The van der Waals surface area contributed by atoms with Crippen molar-refractivity contribution in [3.63, 3.8) is 0 Å². The Bertz CT molecular complexity index is 484. The molecule has 0 aromatic carbocycles. The highest BCUT2D eigenvalue weighted by atomic mass is 32.1. The molecule has 2 rings (SSSR count). The Morgan fingerprint density at radius 2 is 2.26 bits per heavy atom. The van der Waals surface area contributed by atoms with E-state index >= 15 is 0 Å². The van der Waals surface area contributed by atoms with Crippen LogP contribution < -0.4 is 0 Å². The molecule has 0 amide bonds. The molecule has 2 aromatic heterocycles. The van der Waals surface area contributed by atoms with Crippen LogP contribution in [0, 0.1) is 5.92 Å². The topological polar surface area (TPSA) is 73.1 Å². The van der Waals surface area contributed by atoms with Gasteiger partial charge in [0.1, 0.15) is 0 Å². The highest BCUT2D eigenvalue weighted by molar-refractivity contribution is 7.08. The van der Waals surface area contributed by atoms with E-state index in [0.29, 0.717) is 18.3 Å². The number of hydrogen-bond donors (Lipinski definition) is 1. The van der Waals surface area contributed by atoms with E-state index in [9.17, 15) is 5.11 Å². The number of hydrogen-bond acceptors (Lipinski definition) is 6. The largest absolute Gasteiger partial charge is 0.389 e. The maximum atomic E-state index is 9.80. The normalized spacial score (nSPS) is 13.1. The third kappa shape index (κ3) is 4.38. The lowest BCUT2D eigenvalue weighted by Crippen LogP contribution is -2.24. The summed E-state index contributed by atoms with van der Waals surface area (Å²) in [5, 5.41) is 25.8. The molecule has 0 saturated heterocycles. The minimum absolute atomic E-state index is 0.285. The van der Waals surface area contributed by atoms with Crippen LogP contribution in [0.25, 0.3) is 11.4 Å². The number of rotatable bonds is 7. The number of thiophene rings is 1. The lowest BCUT2D eigenvalue weighted by Gasteiger charge is -2.11. The molecule has 1 atom stereocenters. The minimum Gasteiger partial charge on any atom is -0.389 e. The van der Waals surface area contributed by atoms with Gasteiger partial charge in [0.25, 0.3) is 0 Å². The highest BCUT2D eigenvalue weighted by Crippen LogP contribution is 2.16. The SMILES string of the molecule is CC(C)COC[C@@H](O)Cn1nnc(-c2ccsc2)n1. The van der Waals surface area contributed by atoms with Crippen molar-refractivity contribution >= 4 is 11.3 Å². The van der Waals surface area contributed by atoms with Crippen LogP contribution >= 0.6 is 11.3 Å². The predicted molar refractivity (Wildman–Crippen MR) is 72.8 cm³/mol. The van der Waals surface area contributed by atoms with Gasteiger partial charge in [0.2, 0.25) is 5.82 Å². The van der Waals surface area contributed by atoms with Crippen LogP contribution in [0.2, 0.25) is 0 Å². The summed E-state index contributed by atoms with van der Waals surface area (Å²) in [6.07, 6.45) is -0.622. The zero-order valence-electron chi connectivity index (χ0n) is 11.1. The quantitative estimate of drug-likeness (QED) is 0.831. The number of aromatic nitrogens is 4. The van der Waals surface area contributed by atoms with Crippen molar-refractivity contribution in [3.05, 3.63) is 16.8 Å². The Kier molecular flexibility index (Phi) is 5.00. The van der Waals surface area contributed by atoms with Crippen LogP contribution in [0.4, 0.5) is 0 Å². The summed E-state index contributed by atoms with van der Waals surface area (Å²) in [5.74, 6) is 1.04. The molecule has 0 radical (unpaired) electrons. The van der Waals surface area contributed by atoms with E-state index in [2.05, 4.69) is 29.3 Å². The first-order chi connectivity index (χ1) is 9.15. The standard InChI is InChI=1S/C12H18N4O2S/c1-9(2)6-18-7-11(17)5-16-14-12(13-15-16)10-3-4-19-8-10/h3-4,8-9,11,17H,5-7H2,1-2H3/t11-/m0/s1. The van der Waals surface area contributed by atoms with E-state index in [1.165, 1.54) is 4.80 Å². The van der Waals surface area contributed by atoms with Gasteiger partial charge < -0.3 is 9.84 Å². The summed E-state index contributed by atoms with van der Waals surface area (Å²) < 4.78 is 5.37. The Hall–Kier alpha value is -1.31. The lowest BCUT2D eigenvalue weighted by atomic mass is 10.2. The van der Waals surface area contributed by atoms with Gasteiger partial charge in [-0.25, -0.2) is 0 Å². The molecule has 0 saturated carbocycles. The minimum atomic E-state index is -0.622. The van der Waals surface area contributed by atoms with Crippen LogP contribution in [0.1, 0.15) is 13.8 Å². The zero-order chi connectivity index (χ0) is 13.7. The molecule has 104 valence electrons. The Labute approximate surface area is 116 Å². The summed E-state index contributed by atoms with van der Waals surface area (Å²) in [6, 6.07) is 1.94.